The van der Waals surface area contributed by atoms with E-state index in [1.54, 1.807) is 17.0 Å². The predicted molar refractivity (Wildman–Crippen MR) is 137 cm³/mol. The Labute approximate surface area is 212 Å². The van der Waals surface area contributed by atoms with Crippen molar-refractivity contribution >= 4 is 46.7 Å². The van der Waals surface area contributed by atoms with Crippen LogP contribution in [0.4, 0.5) is 21.2 Å². The molecule has 1 aromatic carbocycles. The van der Waals surface area contributed by atoms with Crippen LogP contribution in [0.25, 0.3) is 6.08 Å². The van der Waals surface area contributed by atoms with E-state index >= 15 is 0 Å². The second kappa shape index (κ2) is 9.78. The van der Waals surface area contributed by atoms with Gasteiger partial charge in [0.2, 0.25) is 11.8 Å². The maximum atomic E-state index is 12.5. The number of para-hydroxylation sites is 1. The number of imide groups is 1. The Hall–Kier alpha value is -3.64. The highest BCUT2D eigenvalue weighted by Crippen LogP contribution is 2.41. The average Bonchev–Trinajstić information content (AvgIpc) is 3.08. The molecule has 0 radical (unpaired) electrons. The number of amides is 4. The second-order valence-electron chi connectivity index (χ2n) is 9.44. The first-order valence-corrected chi connectivity index (χ1v) is 12.4. The van der Waals surface area contributed by atoms with Crippen LogP contribution in [-0.4, -0.2) is 90.4 Å². The Kier molecular flexibility index (Phi) is 6.54. The molecule has 0 aliphatic carbocycles. The zero-order valence-electron chi connectivity index (χ0n) is 20.1. The molecule has 1 aromatic heterocycles. The Morgan fingerprint density at radius 1 is 1.19 bits per heavy atom. The quantitative estimate of drug-likeness (QED) is 0.541. The number of carbonyl (C=O) groups excluding carboxylic acids is 3. The SMILES string of the molecule is CN(C)CCOc1cc(C=C2SC(=O)NC2=O)nc(N2CC3(CN(C(=O)Nc4ccccc4)C3)C2)n1. The largest absolute Gasteiger partial charge is 0.476 e. The second-order valence-corrected chi connectivity index (χ2v) is 10.5. The first-order valence-electron chi connectivity index (χ1n) is 11.6. The number of carbonyl (C=O) groups is 3. The highest BCUT2D eigenvalue weighted by molar-refractivity contribution is 8.18. The number of aromatic nitrogens is 2. The van der Waals surface area contributed by atoms with E-state index in [1.807, 2.05) is 54.2 Å². The van der Waals surface area contributed by atoms with Gasteiger partial charge in [-0.3, -0.25) is 14.9 Å². The van der Waals surface area contributed by atoms with Crippen LogP contribution in [0.15, 0.2) is 41.3 Å². The van der Waals surface area contributed by atoms with E-state index in [0.717, 1.165) is 24.0 Å². The normalized spacial score (nSPS) is 19.4. The molecule has 0 atom stereocenters. The van der Waals surface area contributed by atoms with E-state index < -0.39 is 11.1 Å². The summed E-state index contributed by atoms with van der Waals surface area (Å²) in [7, 11) is 3.91. The number of thioether (sulfide) groups is 1. The standard InChI is InChI=1S/C24H27N7O4S/c1-29(2)8-9-35-19-11-17(10-18-20(32)28-23(34)36-18)25-21(27-19)30-12-24(13-30)14-31(15-24)22(33)26-16-6-4-3-5-7-16/h3-7,10-11H,8-9,12-15H2,1-2H3,(H,26,33)(H,28,32,34). The van der Waals surface area contributed by atoms with E-state index in [4.69, 9.17) is 4.74 Å². The summed E-state index contributed by atoms with van der Waals surface area (Å²) in [6.45, 7) is 3.92. The maximum absolute atomic E-state index is 12.5. The van der Waals surface area contributed by atoms with Crippen molar-refractivity contribution in [1.82, 2.24) is 25.1 Å². The third kappa shape index (κ3) is 5.29. The van der Waals surface area contributed by atoms with Crippen molar-refractivity contribution in [1.29, 1.82) is 0 Å². The highest BCUT2D eigenvalue weighted by Gasteiger charge is 2.54. The van der Waals surface area contributed by atoms with Crippen molar-refractivity contribution in [2.45, 2.75) is 0 Å². The van der Waals surface area contributed by atoms with Gasteiger partial charge in [0.25, 0.3) is 11.1 Å². The molecule has 1 spiro atoms. The molecule has 188 valence electrons. The lowest BCUT2D eigenvalue weighted by Gasteiger charge is -2.59. The number of nitrogens with one attached hydrogen (secondary N) is 2. The van der Waals surface area contributed by atoms with E-state index in [1.165, 1.54) is 0 Å². The molecule has 3 fully saturated rings. The number of urea groups is 1. The molecule has 4 amide bonds. The average molecular weight is 510 g/mol. The van der Waals surface area contributed by atoms with Gasteiger partial charge in [-0.25, -0.2) is 9.78 Å². The van der Waals surface area contributed by atoms with Crippen LogP contribution in [0.2, 0.25) is 0 Å². The molecule has 2 N–H and O–H groups in total. The monoisotopic (exact) mass is 509 g/mol. The maximum Gasteiger partial charge on any atom is 0.321 e. The first-order chi connectivity index (χ1) is 17.3. The van der Waals surface area contributed by atoms with Crippen molar-refractivity contribution in [2.24, 2.45) is 5.41 Å². The number of rotatable bonds is 7. The molecule has 11 nitrogen and oxygen atoms in total. The lowest BCUT2D eigenvalue weighted by molar-refractivity contribution is -0.115. The van der Waals surface area contributed by atoms with Crippen LogP contribution in [0.3, 0.4) is 0 Å². The van der Waals surface area contributed by atoms with Crippen molar-refractivity contribution in [3.8, 4) is 5.88 Å². The smallest absolute Gasteiger partial charge is 0.321 e. The van der Waals surface area contributed by atoms with Crippen LogP contribution in [0.5, 0.6) is 5.88 Å². The van der Waals surface area contributed by atoms with Crippen molar-refractivity contribution in [3.05, 3.63) is 47.0 Å². The fourth-order valence-corrected chi connectivity index (χ4v) is 5.01. The summed E-state index contributed by atoms with van der Waals surface area (Å²) in [4.78, 5) is 51.3. The summed E-state index contributed by atoms with van der Waals surface area (Å²) in [6.07, 6.45) is 1.57. The molecule has 3 aliphatic heterocycles. The van der Waals surface area contributed by atoms with Gasteiger partial charge in [0, 0.05) is 49.9 Å². The predicted octanol–water partition coefficient (Wildman–Crippen LogP) is 2.09. The number of likely N-dealkylation sites (tertiary alicyclic amines) is 1. The summed E-state index contributed by atoms with van der Waals surface area (Å²) in [5.41, 5.74) is 1.28. The molecular weight excluding hydrogens is 482 g/mol. The minimum absolute atomic E-state index is 0.0193. The topological polar surface area (TPSA) is 120 Å². The zero-order chi connectivity index (χ0) is 25.3. The molecule has 3 aliphatic rings. The Morgan fingerprint density at radius 3 is 2.61 bits per heavy atom. The zero-order valence-corrected chi connectivity index (χ0v) is 20.9. The fraction of sp³-hybridized carbons (Fsp3) is 0.375. The molecule has 4 heterocycles. The number of nitrogens with zero attached hydrogens (tertiary/aromatic N) is 5. The number of hydrogen-bond donors (Lipinski definition) is 2. The van der Waals surface area contributed by atoms with E-state index in [2.05, 4.69) is 20.6 Å². The van der Waals surface area contributed by atoms with Gasteiger partial charge in [-0.1, -0.05) is 18.2 Å². The van der Waals surface area contributed by atoms with Gasteiger partial charge in [-0.05, 0) is 44.1 Å². The number of likely N-dealkylation sites (N-methyl/N-ethyl adjacent to an activating group) is 1. The van der Waals surface area contributed by atoms with E-state index in [0.29, 0.717) is 50.3 Å². The van der Waals surface area contributed by atoms with Crippen LogP contribution in [0, 0.1) is 5.41 Å². The third-order valence-electron chi connectivity index (χ3n) is 6.12. The van der Waals surface area contributed by atoms with Gasteiger partial charge in [0.05, 0.1) is 10.6 Å². The molecule has 2 aromatic rings. The Morgan fingerprint density at radius 2 is 1.94 bits per heavy atom. The highest BCUT2D eigenvalue weighted by atomic mass is 32.2. The van der Waals surface area contributed by atoms with Gasteiger partial charge in [-0.15, -0.1) is 0 Å². The Bertz CT molecular complexity index is 1210. The van der Waals surface area contributed by atoms with Crippen molar-refractivity contribution in [2.75, 3.05) is 63.6 Å². The number of benzene rings is 1. The minimum atomic E-state index is -0.438. The van der Waals surface area contributed by atoms with Crippen LogP contribution >= 0.6 is 11.8 Å². The molecular formula is C24H27N7O4S. The van der Waals surface area contributed by atoms with Crippen molar-refractivity contribution in [3.63, 3.8) is 0 Å². The van der Waals surface area contributed by atoms with Crippen LogP contribution in [-0.2, 0) is 4.79 Å². The molecule has 12 heteroatoms. The van der Waals surface area contributed by atoms with Gasteiger partial charge in [0.15, 0.2) is 0 Å². The summed E-state index contributed by atoms with van der Waals surface area (Å²) in [5, 5.41) is 4.77. The number of anilines is 2. The molecule has 3 saturated heterocycles. The summed E-state index contributed by atoms with van der Waals surface area (Å²) in [5.74, 6) is 0.463. The van der Waals surface area contributed by atoms with E-state index in [-0.39, 0.29) is 16.4 Å². The first kappa shape index (κ1) is 24.1. The molecule has 0 bridgehead atoms. The number of hydrogen-bond acceptors (Lipinski definition) is 9. The van der Waals surface area contributed by atoms with Gasteiger partial charge in [0.1, 0.15) is 6.61 Å². The molecule has 0 saturated carbocycles. The van der Waals surface area contributed by atoms with Gasteiger partial charge in [-0.2, -0.15) is 4.98 Å². The van der Waals surface area contributed by atoms with Crippen LogP contribution in [0.1, 0.15) is 5.69 Å². The Balaban J connectivity index is 1.24. The van der Waals surface area contributed by atoms with Gasteiger partial charge < -0.3 is 24.8 Å². The van der Waals surface area contributed by atoms with Crippen molar-refractivity contribution < 1.29 is 19.1 Å². The van der Waals surface area contributed by atoms with Crippen LogP contribution < -0.4 is 20.3 Å². The number of ether oxygens (including phenoxy) is 1. The lowest BCUT2D eigenvalue weighted by atomic mass is 9.73. The molecule has 36 heavy (non-hydrogen) atoms. The van der Waals surface area contributed by atoms with Gasteiger partial charge >= 0.3 is 6.03 Å². The third-order valence-corrected chi connectivity index (χ3v) is 6.93. The lowest BCUT2D eigenvalue weighted by Crippen LogP contribution is -2.73. The molecule has 5 rings (SSSR count). The minimum Gasteiger partial charge on any atom is -0.476 e. The molecule has 0 unspecified atom stereocenters. The summed E-state index contributed by atoms with van der Waals surface area (Å²) >= 11 is 0.843. The van der Waals surface area contributed by atoms with E-state index in [9.17, 15) is 14.4 Å². The summed E-state index contributed by atoms with van der Waals surface area (Å²) < 4.78 is 5.84. The summed E-state index contributed by atoms with van der Waals surface area (Å²) in [6, 6.07) is 11.0. The fourth-order valence-electron chi connectivity index (χ4n) is 4.34.